The quantitative estimate of drug-likeness (QED) is 0.801. The third kappa shape index (κ3) is 4.28. The number of unbranched alkanes of at least 4 members (excludes halogenated alkanes) is 1. The van der Waals surface area contributed by atoms with Gasteiger partial charge in [0, 0.05) is 31.1 Å². The van der Waals surface area contributed by atoms with Gasteiger partial charge in [-0.1, -0.05) is 27.2 Å². The van der Waals surface area contributed by atoms with E-state index in [2.05, 4.69) is 26.1 Å². The Kier molecular flexibility index (Phi) is 6.64. The third-order valence-corrected chi connectivity index (χ3v) is 6.48. The van der Waals surface area contributed by atoms with E-state index >= 15 is 0 Å². The van der Waals surface area contributed by atoms with E-state index in [9.17, 15) is 8.42 Å². The van der Waals surface area contributed by atoms with Crippen LogP contribution in [0.4, 0.5) is 0 Å². The van der Waals surface area contributed by atoms with E-state index in [1.165, 1.54) is 15.6 Å². The van der Waals surface area contributed by atoms with Crippen LogP contribution in [0.1, 0.15) is 44.1 Å². The van der Waals surface area contributed by atoms with E-state index in [-0.39, 0.29) is 0 Å². The third-order valence-electron chi connectivity index (χ3n) is 3.16. The molecule has 1 N–H and O–H groups in total. The van der Waals surface area contributed by atoms with Crippen molar-refractivity contribution in [2.75, 3.05) is 13.6 Å². The summed E-state index contributed by atoms with van der Waals surface area (Å²) in [6, 6.07) is 0.339. The molecule has 0 aliphatic heterocycles. The SMILES string of the molecule is CCCCN(C)S(=O)(=O)c1c(C)csc1CNC(C)C. The van der Waals surface area contributed by atoms with Gasteiger partial charge >= 0.3 is 0 Å². The van der Waals surface area contributed by atoms with Gasteiger partial charge in [-0.05, 0) is 24.3 Å². The number of hydrogen-bond donors (Lipinski definition) is 1. The molecule has 0 atom stereocenters. The lowest BCUT2D eigenvalue weighted by Gasteiger charge is -2.18. The first kappa shape index (κ1) is 17.6. The summed E-state index contributed by atoms with van der Waals surface area (Å²) in [6.45, 7) is 9.23. The molecular weight excluding hydrogens is 292 g/mol. The van der Waals surface area contributed by atoms with Crippen molar-refractivity contribution < 1.29 is 8.42 Å². The summed E-state index contributed by atoms with van der Waals surface area (Å²) in [5.74, 6) is 0. The number of hydrogen-bond acceptors (Lipinski definition) is 4. The smallest absolute Gasteiger partial charge is 0.244 e. The maximum Gasteiger partial charge on any atom is 0.244 e. The van der Waals surface area contributed by atoms with Crippen molar-refractivity contribution in [3.05, 3.63) is 15.8 Å². The Hall–Kier alpha value is -0.430. The highest BCUT2D eigenvalue weighted by molar-refractivity contribution is 7.89. The first-order valence-corrected chi connectivity index (χ1v) is 9.39. The molecule has 0 unspecified atom stereocenters. The molecule has 0 fully saturated rings. The molecule has 1 aromatic rings. The second-order valence-corrected chi connectivity index (χ2v) is 8.33. The van der Waals surface area contributed by atoms with Crippen LogP contribution in [0.5, 0.6) is 0 Å². The molecule has 0 bridgehead atoms. The Bertz CT molecular complexity index is 521. The van der Waals surface area contributed by atoms with E-state index in [1.54, 1.807) is 7.05 Å². The highest BCUT2D eigenvalue weighted by atomic mass is 32.2. The molecule has 0 saturated carbocycles. The van der Waals surface area contributed by atoms with Crippen LogP contribution in [-0.2, 0) is 16.6 Å². The average Bonchev–Trinajstić information content (AvgIpc) is 2.75. The predicted octanol–water partition coefficient (Wildman–Crippen LogP) is 2.98. The Morgan fingerprint density at radius 3 is 2.60 bits per heavy atom. The van der Waals surface area contributed by atoms with Crippen molar-refractivity contribution in [1.29, 1.82) is 0 Å². The number of nitrogens with zero attached hydrogens (tertiary/aromatic N) is 1. The topological polar surface area (TPSA) is 49.4 Å². The number of sulfonamides is 1. The van der Waals surface area contributed by atoms with Crippen molar-refractivity contribution >= 4 is 21.4 Å². The van der Waals surface area contributed by atoms with Gasteiger partial charge in [0.05, 0.1) is 0 Å². The van der Waals surface area contributed by atoms with E-state index in [0.717, 1.165) is 23.3 Å². The number of aryl methyl sites for hydroxylation is 1. The zero-order valence-electron chi connectivity index (χ0n) is 13.1. The summed E-state index contributed by atoms with van der Waals surface area (Å²) >= 11 is 1.52. The molecule has 0 amide bonds. The molecule has 0 aromatic carbocycles. The highest BCUT2D eigenvalue weighted by Gasteiger charge is 2.26. The summed E-state index contributed by atoms with van der Waals surface area (Å²) in [4.78, 5) is 1.40. The molecule has 0 aliphatic rings. The minimum atomic E-state index is -3.37. The Morgan fingerprint density at radius 1 is 1.40 bits per heavy atom. The zero-order chi connectivity index (χ0) is 15.3. The monoisotopic (exact) mass is 318 g/mol. The summed E-state index contributed by atoms with van der Waals surface area (Å²) in [5.41, 5.74) is 0.846. The van der Waals surface area contributed by atoms with E-state index in [1.807, 2.05) is 12.3 Å². The lowest BCUT2D eigenvalue weighted by Crippen LogP contribution is -2.30. The fourth-order valence-corrected chi connectivity index (χ4v) is 4.82. The van der Waals surface area contributed by atoms with Gasteiger partial charge in [0.1, 0.15) is 4.90 Å². The van der Waals surface area contributed by atoms with Crippen LogP contribution >= 0.6 is 11.3 Å². The largest absolute Gasteiger partial charge is 0.310 e. The summed E-state index contributed by atoms with van der Waals surface area (Å²) in [6.07, 6.45) is 1.88. The molecule has 116 valence electrons. The Labute approximate surface area is 127 Å². The van der Waals surface area contributed by atoms with E-state index < -0.39 is 10.0 Å². The van der Waals surface area contributed by atoms with Crippen LogP contribution in [0.3, 0.4) is 0 Å². The summed E-state index contributed by atoms with van der Waals surface area (Å²) < 4.78 is 26.9. The van der Waals surface area contributed by atoms with Gasteiger partial charge in [-0.3, -0.25) is 0 Å². The van der Waals surface area contributed by atoms with Crippen LogP contribution in [0, 0.1) is 6.92 Å². The van der Waals surface area contributed by atoms with E-state index in [4.69, 9.17) is 0 Å². The first-order chi connectivity index (χ1) is 9.30. The normalized spacial score (nSPS) is 12.6. The predicted molar refractivity (Wildman–Crippen MR) is 85.8 cm³/mol. The average molecular weight is 319 g/mol. The van der Waals surface area contributed by atoms with Crippen molar-refractivity contribution in [2.45, 2.75) is 58.0 Å². The second-order valence-electron chi connectivity index (χ2n) is 5.39. The summed E-state index contributed by atoms with van der Waals surface area (Å²) in [7, 11) is -1.70. The lowest BCUT2D eigenvalue weighted by atomic mass is 10.3. The molecule has 1 aromatic heterocycles. The number of thiophene rings is 1. The first-order valence-electron chi connectivity index (χ1n) is 7.07. The Balaban J connectivity index is 3.01. The minimum absolute atomic E-state index is 0.339. The van der Waals surface area contributed by atoms with Gasteiger partial charge in [-0.15, -0.1) is 11.3 Å². The van der Waals surface area contributed by atoms with Crippen LogP contribution < -0.4 is 5.32 Å². The van der Waals surface area contributed by atoms with Crippen LogP contribution in [0.15, 0.2) is 10.3 Å². The molecule has 0 saturated heterocycles. The maximum absolute atomic E-state index is 12.7. The van der Waals surface area contributed by atoms with Gasteiger partial charge < -0.3 is 5.32 Å². The zero-order valence-corrected chi connectivity index (χ0v) is 14.7. The van der Waals surface area contributed by atoms with Crippen molar-refractivity contribution in [3.8, 4) is 0 Å². The fourth-order valence-electron chi connectivity index (χ4n) is 1.91. The maximum atomic E-state index is 12.7. The van der Waals surface area contributed by atoms with Crippen molar-refractivity contribution in [2.24, 2.45) is 0 Å². The van der Waals surface area contributed by atoms with Gasteiger partial charge in [-0.2, -0.15) is 0 Å². The van der Waals surface area contributed by atoms with Crippen LogP contribution in [0.2, 0.25) is 0 Å². The lowest BCUT2D eigenvalue weighted by molar-refractivity contribution is 0.458. The van der Waals surface area contributed by atoms with Crippen molar-refractivity contribution in [3.63, 3.8) is 0 Å². The van der Waals surface area contributed by atoms with Crippen LogP contribution in [-0.4, -0.2) is 32.4 Å². The molecule has 1 heterocycles. The Morgan fingerprint density at radius 2 is 2.05 bits per heavy atom. The fraction of sp³-hybridized carbons (Fsp3) is 0.714. The van der Waals surface area contributed by atoms with Crippen molar-refractivity contribution in [1.82, 2.24) is 9.62 Å². The highest BCUT2D eigenvalue weighted by Crippen LogP contribution is 2.29. The standard InChI is InChI=1S/C14H26N2O2S2/c1-6-7-8-16(5)20(17,18)14-12(4)10-19-13(14)9-15-11(2)3/h10-11,15H,6-9H2,1-5H3. The molecule has 0 spiro atoms. The molecular formula is C14H26N2O2S2. The van der Waals surface area contributed by atoms with Gasteiger partial charge in [0.15, 0.2) is 0 Å². The van der Waals surface area contributed by atoms with Gasteiger partial charge in [0.25, 0.3) is 0 Å². The number of nitrogens with one attached hydrogen (secondary N) is 1. The molecule has 0 radical (unpaired) electrons. The van der Waals surface area contributed by atoms with Crippen LogP contribution in [0.25, 0.3) is 0 Å². The minimum Gasteiger partial charge on any atom is -0.310 e. The van der Waals surface area contributed by atoms with Gasteiger partial charge in [-0.25, -0.2) is 12.7 Å². The summed E-state index contributed by atoms with van der Waals surface area (Å²) in [5, 5.41) is 5.23. The molecule has 0 aliphatic carbocycles. The molecule has 20 heavy (non-hydrogen) atoms. The molecule has 1 rings (SSSR count). The van der Waals surface area contributed by atoms with Gasteiger partial charge in [0.2, 0.25) is 10.0 Å². The van der Waals surface area contributed by atoms with E-state index in [0.29, 0.717) is 24.0 Å². The molecule has 6 heteroatoms. The molecule has 4 nitrogen and oxygen atoms in total. The number of rotatable bonds is 8. The second kappa shape index (κ2) is 7.54.